The minimum atomic E-state index is -3.06. The van der Waals surface area contributed by atoms with Crippen molar-refractivity contribution in [2.45, 2.75) is 25.3 Å². The summed E-state index contributed by atoms with van der Waals surface area (Å²) in [6.45, 7) is 0.667. The molecule has 0 saturated carbocycles. The Morgan fingerprint density at radius 2 is 2.00 bits per heavy atom. The molecule has 5 heteroatoms. The van der Waals surface area contributed by atoms with Crippen LogP contribution in [0.1, 0.15) is 18.4 Å². The molecule has 0 aliphatic carbocycles. The van der Waals surface area contributed by atoms with Crippen LogP contribution >= 0.6 is 15.9 Å². The molecule has 0 bridgehead atoms. The average Bonchev–Trinajstić information content (AvgIpc) is 2.69. The van der Waals surface area contributed by atoms with E-state index in [2.05, 4.69) is 15.9 Å². The first-order valence-electron chi connectivity index (χ1n) is 5.68. The van der Waals surface area contributed by atoms with Crippen molar-refractivity contribution < 1.29 is 8.42 Å². The third-order valence-electron chi connectivity index (χ3n) is 3.13. The predicted molar refractivity (Wildman–Crippen MR) is 72.4 cm³/mol. The van der Waals surface area contributed by atoms with Gasteiger partial charge in [-0.2, -0.15) is 4.31 Å². The number of hydrogen-bond acceptors (Lipinski definition) is 2. The average molecular weight is 318 g/mol. The summed E-state index contributed by atoms with van der Waals surface area (Å²) in [5.41, 5.74) is 1.19. The number of nitrogens with zero attached hydrogens (tertiary/aromatic N) is 1. The second-order valence-corrected chi connectivity index (χ2v) is 7.35. The fraction of sp³-hybridized carbons (Fsp3) is 0.500. The Morgan fingerprint density at radius 3 is 2.59 bits per heavy atom. The summed E-state index contributed by atoms with van der Waals surface area (Å²) in [7, 11) is -3.06. The Bertz CT molecular complexity index is 484. The third-order valence-corrected chi connectivity index (χ3v) is 5.00. The van der Waals surface area contributed by atoms with Crippen molar-refractivity contribution in [2.24, 2.45) is 0 Å². The van der Waals surface area contributed by atoms with Gasteiger partial charge in [0.05, 0.1) is 6.26 Å². The van der Waals surface area contributed by atoms with E-state index in [-0.39, 0.29) is 6.04 Å². The minimum Gasteiger partial charge on any atom is -0.212 e. The number of sulfonamides is 1. The van der Waals surface area contributed by atoms with Crippen LogP contribution in [0.3, 0.4) is 0 Å². The van der Waals surface area contributed by atoms with E-state index in [1.807, 2.05) is 24.3 Å². The van der Waals surface area contributed by atoms with Crippen molar-refractivity contribution in [2.75, 3.05) is 12.8 Å². The smallest absolute Gasteiger partial charge is 0.211 e. The normalized spacial score (nSPS) is 21.9. The summed E-state index contributed by atoms with van der Waals surface area (Å²) in [6.07, 6.45) is 4.03. The molecule has 0 radical (unpaired) electrons. The lowest BCUT2D eigenvalue weighted by Gasteiger charge is -2.22. The maximum absolute atomic E-state index is 11.6. The maximum Gasteiger partial charge on any atom is 0.211 e. The highest BCUT2D eigenvalue weighted by Gasteiger charge is 2.31. The molecule has 0 amide bonds. The fourth-order valence-corrected chi connectivity index (χ4v) is 3.79. The van der Waals surface area contributed by atoms with Crippen LogP contribution in [0.2, 0.25) is 0 Å². The van der Waals surface area contributed by atoms with Gasteiger partial charge in [-0.25, -0.2) is 8.42 Å². The molecule has 1 aliphatic heterocycles. The fourth-order valence-electron chi connectivity index (χ4n) is 2.34. The molecule has 2 rings (SSSR count). The van der Waals surface area contributed by atoms with Gasteiger partial charge >= 0.3 is 0 Å². The minimum absolute atomic E-state index is 0.131. The highest BCUT2D eigenvalue weighted by atomic mass is 79.9. The zero-order chi connectivity index (χ0) is 12.5. The summed E-state index contributed by atoms with van der Waals surface area (Å²) in [5, 5.41) is 0. The van der Waals surface area contributed by atoms with Gasteiger partial charge in [-0.1, -0.05) is 28.1 Å². The SMILES string of the molecule is CS(=O)(=O)N1CCCC1Cc1ccc(Br)cc1. The van der Waals surface area contributed by atoms with Crippen molar-refractivity contribution in [3.8, 4) is 0 Å². The summed E-state index contributed by atoms with van der Waals surface area (Å²) >= 11 is 3.40. The van der Waals surface area contributed by atoms with Gasteiger partial charge in [0.1, 0.15) is 0 Å². The Labute approximate surface area is 111 Å². The summed E-state index contributed by atoms with van der Waals surface area (Å²) in [6, 6.07) is 8.21. The van der Waals surface area contributed by atoms with Crippen LogP contribution < -0.4 is 0 Å². The van der Waals surface area contributed by atoms with Crippen molar-refractivity contribution in [1.29, 1.82) is 0 Å². The lowest BCUT2D eigenvalue weighted by atomic mass is 10.1. The first-order chi connectivity index (χ1) is 7.97. The first kappa shape index (κ1) is 13.1. The molecule has 0 aromatic heterocycles. The molecule has 0 spiro atoms. The largest absolute Gasteiger partial charge is 0.212 e. The van der Waals surface area contributed by atoms with E-state index in [1.165, 1.54) is 11.8 Å². The Morgan fingerprint density at radius 1 is 1.35 bits per heavy atom. The van der Waals surface area contributed by atoms with Gasteiger partial charge in [-0.3, -0.25) is 0 Å². The number of halogens is 1. The third kappa shape index (κ3) is 3.30. The molecule has 17 heavy (non-hydrogen) atoms. The summed E-state index contributed by atoms with van der Waals surface area (Å²) < 4.78 is 25.9. The second kappa shape index (κ2) is 5.08. The topological polar surface area (TPSA) is 37.4 Å². The van der Waals surface area contributed by atoms with Crippen molar-refractivity contribution in [1.82, 2.24) is 4.31 Å². The van der Waals surface area contributed by atoms with Crippen LogP contribution in [-0.2, 0) is 16.4 Å². The molecule has 1 aliphatic rings. The molecule has 1 saturated heterocycles. The molecule has 94 valence electrons. The van der Waals surface area contributed by atoms with Gasteiger partial charge in [0, 0.05) is 17.1 Å². The van der Waals surface area contributed by atoms with E-state index in [1.54, 1.807) is 4.31 Å². The summed E-state index contributed by atoms with van der Waals surface area (Å²) in [5.74, 6) is 0. The molecule has 3 nitrogen and oxygen atoms in total. The van der Waals surface area contributed by atoms with Gasteiger partial charge < -0.3 is 0 Å². The Hall–Kier alpha value is -0.390. The molecule has 0 N–H and O–H groups in total. The van der Waals surface area contributed by atoms with Crippen LogP contribution in [-0.4, -0.2) is 31.6 Å². The van der Waals surface area contributed by atoms with Crippen molar-refractivity contribution in [3.05, 3.63) is 34.3 Å². The molecule has 1 atom stereocenters. The second-order valence-electron chi connectivity index (χ2n) is 4.50. The number of rotatable bonds is 3. The highest BCUT2D eigenvalue weighted by Crippen LogP contribution is 2.24. The standard InChI is InChI=1S/C12H16BrNO2S/c1-17(15,16)14-8-2-3-12(14)9-10-4-6-11(13)7-5-10/h4-7,12H,2-3,8-9H2,1H3. The maximum atomic E-state index is 11.6. The van der Waals surface area contributed by atoms with E-state index in [9.17, 15) is 8.42 Å². The van der Waals surface area contributed by atoms with Crippen LogP contribution in [0.25, 0.3) is 0 Å². The van der Waals surface area contributed by atoms with E-state index in [0.29, 0.717) is 6.54 Å². The highest BCUT2D eigenvalue weighted by molar-refractivity contribution is 9.10. The Kier molecular flexibility index (Phi) is 3.90. The van der Waals surface area contributed by atoms with E-state index >= 15 is 0 Å². The summed E-state index contributed by atoms with van der Waals surface area (Å²) in [4.78, 5) is 0. The van der Waals surface area contributed by atoms with Gasteiger partial charge in [0.25, 0.3) is 0 Å². The van der Waals surface area contributed by atoms with E-state index in [0.717, 1.165) is 23.7 Å². The Balaban J connectivity index is 2.11. The molecular weight excluding hydrogens is 302 g/mol. The van der Waals surface area contributed by atoms with Crippen molar-refractivity contribution in [3.63, 3.8) is 0 Å². The zero-order valence-corrected chi connectivity index (χ0v) is 12.2. The van der Waals surface area contributed by atoms with Gasteiger partial charge in [0.15, 0.2) is 0 Å². The quantitative estimate of drug-likeness (QED) is 0.858. The molecule has 1 unspecified atom stereocenters. The molecule has 1 aromatic carbocycles. The molecule has 1 aromatic rings. The van der Waals surface area contributed by atoms with Crippen molar-refractivity contribution >= 4 is 26.0 Å². The lowest BCUT2D eigenvalue weighted by molar-refractivity contribution is 0.389. The van der Waals surface area contributed by atoms with Crippen LogP contribution in [0.5, 0.6) is 0 Å². The van der Waals surface area contributed by atoms with Crippen LogP contribution in [0.4, 0.5) is 0 Å². The molecule has 1 fully saturated rings. The van der Waals surface area contributed by atoms with Crippen LogP contribution in [0.15, 0.2) is 28.7 Å². The molecule has 1 heterocycles. The van der Waals surface area contributed by atoms with E-state index in [4.69, 9.17) is 0 Å². The lowest BCUT2D eigenvalue weighted by Crippen LogP contribution is -2.35. The monoisotopic (exact) mass is 317 g/mol. The van der Waals surface area contributed by atoms with Crippen LogP contribution in [0, 0.1) is 0 Å². The number of benzene rings is 1. The van der Waals surface area contributed by atoms with E-state index < -0.39 is 10.0 Å². The number of hydrogen-bond donors (Lipinski definition) is 0. The van der Waals surface area contributed by atoms with Gasteiger partial charge in [-0.15, -0.1) is 0 Å². The van der Waals surface area contributed by atoms with Gasteiger partial charge in [0.2, 0.25) is 10.0 Å². The first-order valence-corrected chi connectivity index (χ1v) is 8.32. The predicted octanol–water partition coefficient (Wildman–Crippen LogP) is 2.42. The van der Waals surface area contributed by atoms with Gasteiger partial charge in [-0.05, 0) is 37.0 Å². The zero-order valence-electron chi connectivity index (χ0n) is 9.77. The molecular formula is C12H16BrNO2S.